The Bertz CT molecular complexity index is 433. The molecule has 0 aliphatic heterocycles. The van der Waals surface area contributed by atoms with Crippen LogP contribution >= 0.6 is 0 Å². The Morgan fingerprint density at radius 1 is 1.40 bits per heavy atom. The van der Waals surface area contributed by atoms with E-state index in [1.807, 2.05) is 18.5 Å². The highest BCUT2D eigenvalue weighted by atomic mass is 15.1. The van der Waals surface area contributed by atoms with Crippen molar-refractivity contribution in [3.63, 3.8) is 0 Å². The number of fused-ring (bicyclic) bond motifs is 1. The average Bonchev–Trinajstić information content (AvgIpc) is 2.70. The molecule has 3 nitrogen and oxygen atoms in total. The maximum atomic E-state index is 5.62. The van der Waals surface area contributed by atoms with Gasteiger partial charge in [0.1, 0.15) is 0 Å². The molecule has 0 fully saturated rings. The van der Waals surface area contributed by atoms with E-state index in [1.54, 1.807) is 0 Å². The molecule has 0 amide bonds. The minimum atomic E-state index is 0.474. The van der Waals surface area contributed by atoms with Crippen LogP contribution in [-0.2, 0) is 0 Å². The lowest BCUT2D eigenvalue weighted by Crippen LogP contribution is -2.12. The van der Waals surface area contributed by atoms with Gasteiger partial charge in [-0.05, 0) is 31.5 Å². The van der Waals surface area contributed by atoms with Gasteiger partial charge in [-0.1, -0.05) is 19.1 Å². The molecule has 1 heterocycles. The molecule has 0 aliphatic carbocycles. The highest BCUT2D eigenvalue weighted by Gasteiger charge is 2.10. The molecule has 80 valence electrons. The second-order valence-electron chi connectivity index (χ2n) is 3.78. The maximum absolute atomic E-state index is 5.62. The van der Waals surface area contributed by atoms with Gasteiger partial charge in [0.05, 0.1) is 17.4 Å². The van der Waals surface area contributed by atoms with Gasteiger partial charge in [0, 0.05) is 6.04 Å². The summed E-state index contributed by atoms with van der Waals surface area (Å²) < 4.78 is 2.24. The smallest absolute Gasteiger partial charge is 0.0960 e. The summed E-state index contributed by atoms with van der Waals surface area (Å²) in [6, 6.07) is 8.70. The van der Waals surface area contributed by atoms with Crippen molar-refractivity contribution in [3.05, 3.63) is 30.6 Å². The molecule has 0 spiro atoms. The summed E-state index contributed by atoms with van der Waals surface area (Å²) in [4.78, 5) is 4.39. The Hall–Kier alpha value is -1.35. The number of nitrogens with two attached hydrogens (primary N) is 1. The fraction of sp³-hybridized carbons (Fsp3) is 0.417. The normalized spacial score (nSPS) is 13.2. The van der Waals surface area contributed by atoms with Crippen molar-refractivity contribution in [1.82, 2.24) is 9.55 Å². The topological polar surface area (TPSA) is 43.8 Å². The van der Waals surface area contributed by atoms with Crippen molar-refractivity contribution in [3.8, 4) is 0 Å². The molecule has 2 aromatic rings. The van der Waals surface area contributed by atoms with Crippen molar-refractivity contribution < 1.29 is 0 Å². The minimum Gasteiger partial charge on any atom is -0.330 e. The Labute approximate surface area is 89.9 Å². The number of imidazole rings is 1. The summed E-state index contributed by atoms with van der Waals surface area (Å²) in [6.45, 7) is 2.92. The predicted octanol–water partition coefficient (Wildman–Crippen LogP) is 2.34. The second kappa shape index (κ2) is 4.45. The van der Waals surface area contributed by atoms with Crippen LogP contribution in [-0.4, -0.2) is 16.1 Å². The summed E-state index contributed by atoms with van der Waals surface area (Å²) in [5.74, 6) is 0. The first-order chi connectivity index (χ1) is 7.36. The fourth-order valence-electron chi connectivity index (χ4n) is 2.00. The Morgan fingerprint density at radius 2 is 2.20 bits per heavy atom. The van der Waals surface area contributed by atoms with E-state index in [0.29, 0.717) is 6.04 Å². The van der Waals surface area contributed by atoms with Crippen LogP contribution in [0.15, 0.2) is 30.6 Å². The number of benzene rings is 1. The van der Waals surface area contributed by atoms with Gasteiger partial charge in [-0.15, -0.1) is 0 Å². The van der Waals surface area contributed by atoms with Crippen LogP contribution in [0.4, 0.5) is 0 Å². The second-order valence-corrected chi connectivity index (χ2v) is 3.78. The summed E-state index contributed by atoms with van der Waals surface area (Å²) in [5, 5.41) is 0. The third-order valence-corrected chi connectivity index (χ3v) is 2.85. The lowest BCUT2D eigenvalue weighted by Gasteiger charge is -2.16. The fourth-order valence-corrected chi connectivity index (χ4v) is 2.00. The van der Waals surface area contributed by atoms with Crippen LogP contribution in [0.1, 0.15) is 25.8 Å². The monoisotopic (exact) mass is 203 g/mol. The molecule has 1 aromatic carbocycles. The standard InChI is InChI=1S/C12H17N3/c1-2-10(7-8-13)15-9-14-11-5-3-4-6-12(11)15/h3-6,9-10H,2,7-8,13H2,1H3. The number of aromatic nitrogens is 2. The lowest BCUT2D eigenvalue weighted by atomic mass is 10.1. The highest BCUT2D eigenvalue weighted by molar-refractivity contribution is 5.75. The van der Waals surface area contributed by atoms with Crippen molar-refractivity contribution >= 4 is 11.0 Å². The van der Waals surface area contributed by atoms with Gasteiger partial charge in [0.2, 0.25) is 0 Å². The Kier molecular flexibility index (Phi) is 3.02. The number of hydrogen-bond acceptors (Lipinski definition) is 2. The first kappa shape index (κ1) is 10.2. The van der Waals surface area contributed by atoms with Crippen LogP contribution in [0.5, 0.6) is 0 Å². The van der Waals surface area contributed by atoms with E-state index in [0.717, 1.165) is 24.9 Å². The van der Waals surface area contributed by atoms with E-state index >= 15 is 0 Å². The van der Waals surface area contributed by atoms with Crippen molar-refractivity contribution in [2.75, 3.05) is 6.54 Å². The molecule has 15 heavy (non-hydrogen) atoms. The molecule has 2 N–H and O–H groups in total. The van der Waals surface area contributed by atoms with Gasteiger partial charge >= 0.3 is 0 Å². The molecule has 0 saturated carbocycles. The number of para-hydroxylation sites is 2. The van der Waals surface area contributed by atoms with Gasteiger partial charge in [0.25, 0.3) is 0 Å². The largest absolute Gasteiger partial charge is 0.330 e. The van der Waals surface area contributed by atoms with Crippen LogP contribution < -0.4 is 5.73 Å². The Morgan fingerprint density at radius 3 is 2.93 bits per heavy atom. The van der Waals surface area contributed by atoms with Crippen molar-refractivity contribution in [2.45, 2.75) is 25.8 Å². The molecule has 0 aliphatic rings. The molecular formula is C12H17N3. The molecule has 2 rings (SSSR count). The zero-order chi connectivity index (χ0) is 10.7. The maximum Gasteiger partial charge on any atom is 0.0960 e. The molecule has 3 heteroatoms. The molecular weight excluding hydrogens is 186 g/mol. The third kappa shape index (κ3) is 1.88. The summed E-state index contributed by atoms with van der Waals surface area (Å²) >= 11 is 0. The van der Waals surface area contributed by atoms with Gasteiger partial charge in [0.15, 0.2) is 0 Å². The van der Waals surface area contributed by atoms with Crippen LogP contribution in [0.2, 0.25) is 0 Å². The third-order valence-electron chi connectivity index (χ3n) is 2.85. The van der Waals surface area contributed by atoms with E-state index in [-0.39, 0.29) is 0 Å². The summed E-state index contributed by atoms with van der Waals surface area (Å²) in [7, 11) is 0. The first-order valence-electron chi connectivity index (χ1n) is 5.48. The highest BCUT2D eigenvalue weighted by Crippen LogP contribution is 2.21. The van der Waals surface area contributed by atoms with E-state index < -0.39 is 0 Å². The van der Waals surface area contributed by atoms with Crippen molar-refractivity contribution in [2.24, 2.45) is 5.73 Å². The number of nitrogens with zero attached hydrogens (tertiary/aromatic N) is 2. The minimum absolute atomic E-state index is 0.474. The Balaban J connectivity index is 2.41. The molecule has 1 atom stereocenters. The average molecular weight is 203 g/mol. The molecule has 0 radical (unpaired) electrons. The van der Waals surface area contributed by atoms with Gasteiger partial charge in [-0.25, -0.2) is 4.98 Å². The molecule has 0 bridgehead atoms. The molecule has 1 unspecified atom stereocenters. The van der Waals surface area contributed by atoms with E-state index in [4.69, 9.17) is 5.73 Å². The van der Waals surface area contributed by atoms with Crippen LogP contribution in [0.3, 0.4) is 0 Å². The SMILES string of the molecule is CCC(CCN)n1cnc2ccccc21. The zero-order valence-electron chi connectivity index (χ0n) is 9.06. The first-order valence-corrected chi connectivity index (χ1v) is 5.48. The van der Waals surface area contributed by atoms with E-state index in [9.17, 15) is 0 Å². The molecule has 0 saturated heterocycles. The van der Waals surface area contributed by atoms with Crippen molar-refractivity contribution in [1.29, 1.82) is 0 Å². The quantitative estimate of drug-likeness (QED) is 0.828. The zero-order valence-corrected chi connectivity index (χ0v) is 9.06. The number of rotatable bonds is 4. The van der Waals surface area contributed by atoms with Gasteiger partial charge in [-0.2, -0.15) is 0 Å². The summed E-state index contributed by atoms with van der Waals surface area (Å²) in [5.41, 5.74) is 7.89. The van der Waals surface area contributed by atoms with Gasteiger partial charge < -0.3 is 10.3 Å². The van der Waals surface area contributed by atoms with Crippen LogP contribution in [0, 0.1) is 0 Å². The predicted molar refractivity (Wildman–Crippen MR) is 62.7 cm³/mol. The lowest BCUT2D eigenvalue weighted by molar-refractivity contribution is 0.469. The van der Waals surface area contributed by atoms with Crippen LogP contribution in [0.25, 0.3) is 11.0 Å². The van der Waals surface area contributed by atoms with E-state index in [2.05, 4.69) is 28.6 Å². The summed E-state index contributed by atoms with van der Waals surface area (Å²) in [6.07, 6.45) is 4.03. The molecule has 1 aromatic heterocycles. The number of hydrogen-bond donors (Lipinski definition) is 1. The van der Waals surface area contributed by atoms with E-state index in [1.165, 1.54) is 5.52 Å². The van der Waals surface area contributed by atoms with Gasteiger partial charge in [-0.3, -0.25) is 0 Å².